The van der Waals surface area contributed by atoms with Crippen LogP contribution >= 0.6 is 0 Å². The van der Waals surface area contributed by atoms with E-state index in [-0.39, 0.29) is 6.61 Å². The number of aliphatic hydroxyl groups is 1. The number of nitrogens with one attached hydrogen (secondary N) is 1. The topological polar surface area (TPSA) is 32.3 Å². The highest BCUT2D eigenvalue weighted by molar-refractivity contribution is 4.77. The van der Waals surface area contributed by atoms with Crippen molar-refractivity contribution in [1.29, 1.82) is 0 Å². The van der Waals surface area contributed by atoms with Crippen LogP contribution < -0.4 is 5.32 Å². The van der Waals surface area contributed by atoms with Gasteiger partial charge in [0.15, 0.2) is 0 Å². The van der Waals surface area contributed by atoms with Crippen molar-refractivity contribution in [1.82, 2.24) is 5.32 Å². The molecule has 0 heterocycles. The molecule has 0 bridgehead atoms. The van der Waals surface area contributed by atoms with Crippen molar-refractivity contribution in [2.45, 2.75) is 65.3 Å². The number of rotatable bonds is 3. The van der Waals surface area contributed by atoms with Gasteiger partial charge in [-0.05, 0) is 32.2 Å². The molecule has 0 aromatic heterocycles. The summed E-state index contributed by atoms with van der Waals surface area (Å²) in [5.74, 6) is 0.951. The number of hydrogen-bond donors (Lipinski definition) is 2. The molecule has 92 valence electrons. The first kappa shape index (κ1) is 14.9. The van der Waals surface area contributed by atoms with Crippen molar-refractivity contribution in [3.8, 4) is 0 Å². The van der Waals surface area contributed by atoms with Crippen LogP contribution in [-0.2, 0) is 0 Å². The van der Waals surface area contributed by atoms with Gasteiger partial charge < -0.3 is 10.4 Å². The standard InChI is InChI=1S/C11H23N.C2H6O/c1-3-10-8-6-5-7-9-11(10)12-4-2;1-2-3/h10-12H,3-9H2,1-2H3;3H,2H2,1H3. The minimum absolute atomic E-state index is 0.250. The first-order chi connectivity index (χ1) is 7.29. The lowest BCUT2D eigenvalue weighted by molar-refractivity contribution is 0.318. The molecule has 1 aliphatic rings. The molecular formula is C13H29NO. The van der Waals surface area contributed by atoms with Gasteiger partial charge in [-0.1, -0.05) is 39.5 Å². The average molecular weight is 215 g/mol. The molecule has 2 nitrogen and oxygen atoms in total. The van der Waals surface area contributed by atoms with E-state index in [1.54, 1.807) is 6.92 Å². The summed E-state index contributed by atoms with van der Waals surface area (Å²) in [6.45, 7) is 7.62. The first-order valence-electron chi connectivity index (χ1n) is 6.64. The van der Waals surface area contributed by atoms with Crippen molar-refractivity contribution >= 4 is 0 Å². The lowest BCUT2D eigenvalue weighted by atomic mass is 9.92. The van der Waals surface area contributed by atoms with E-state index in [0.29, 0.717) is 0 Å². The van der Waals surface area contributed by atoms with Gasteiger partial charge in [0.2, 0.25) is 0 Å². The van der Waals surface area contributed by atoms with Gasteiger partial charge >= 0.3 is 0 Å². The van der Waals surface area contributed by atoms with Crippen molar-refractivity contribution in [3.05, 3.63) is 0 Å². The summed E-state index contributed by atoms with van der Waals surface area (Å²) in [5.41, 5.74) is 0. The van der Waals surface area contributed by atoms with E-state index in [0.717, 1.165) is 18.5 Å². The summed E-state index contributed by atoms with van der Waals surface area (Å²) < 4.78 is 0. The van der Waals surface area contributed by atoms with E-state index in [1.165, 1.54) is 38.5 Å². The molecule has 2 unspecified atom stereocenters. The lowest BCUT2D eigenvalue weighted by Crippen LogP contribution is -2.35. The van der Waals surface area contributed by atoms with Crippen molar-refractivity contribution in [2.75, 3.05) is 13.2 Å². The Balaban J connectivity index is 0.000000583. The predicted molar refractivity (Wildman–Crippen MR) is 67.1 cm³/mol. The van der Waals surface area contributed by atoms with E-state index in [4.69, 9.17) is 5.11 Å². The molecule has 0 spiro atoms. The molecule has 1 aliphatic carbocycles. The van der Waals surface area contributed by atoms with E-state index in [2.05, 4.69) is 19.2 Å². The maximum Gasteiger partial charge on any atom is 0.0402 e. The summed E-state index contributed by atoms with van der Waals surface area (Å²) in [6.07, 6.45) is 8.57. The Bertz CT molecular complexity index is 128. The Kier molecular flexibility index (Phi) is 10.4. The molecule has 0 amide bonds. The highest BCUT2D eigenvalue weighted by Crippen LogP contribution is 2.25. The Morgan fingerprint density at radius 3 is 2.20 bits per heavy atom. The Hall–Kier alpha value is -0.0800. The van der Waals surface area contributed by atoms with Crippen LogP contribution in [0.25, 0.3) is 0 Å². The fraction of sp³-hybridized carbons (Fsp3) is 1.00. The van der Waals surface area contributed by atoms with Crippen LogP contribution in [0.3, 0.4) is 0 Å². The van der Waals surface area contributed by atoms with Gasteiger partial charge in [-0.25, -0.2) is 0 Å². The van der Waals surface area contributed by atoms with Crippen molar-refractivity contribution < 1.29 is 5.11 Å². The maximum atomic E-state index is 7.57. The molecule has 1 fully saturated rings. The van der Waals surface area contributed by atoms with Gasteiger partial charge in [-0.3, -0.25) is 0 Å². The molecule has 0 radical (unpaired) electrons. The monoisotopic (exact) mass is 215 g/mol. The predicted octanol–water partition coefficient (Wildman–Crippen LogP) is 2.95. The summed E-state index contributed by atoms with van der Waals surface area (Å²) >= 11 is 0. The average Bonchev–Trinajstić information content (AvgIpc) is 2.45. The van der Waals surface area contributed by atoms with Crippen LogP contribution in [0.5, 0.6) is 0 Å². The second kappa shape index (κ2) is 10.4. The van der Waals surface area contributed by atoms with Crippen molar-refractivity contribution in [2.24, 2.45) is 5.92 Å². The Labute approximate surface area is 95.5 Å². The zero-order valence-corrected chi connectivity index (χ0v) is 10.8. The Morgan fingerprint density at radius 1 is 1.07 bits per heavy atom. The quantitative estimate of drug-likeness (QED) is 0.709. The molecule has 0 aliphatic heterocycles. The van der Waals surface area contributed by atoms with Crippen LogP contribution in [0.15, 0.2) is 0 Å². The second-order valence-corrected chi connectivity index (χ2v) is 4.29. The summed E-state index contributed by atoms with van der Waals surface area (Å²) in [5, 5.41) is 11.2. The number of aliphatic hydroxyl groups excluding tert-OH is 1. The third-order valence-corrected chi connectivity index (χ3v) is 3.15. The van der Waals surface area contributed by atoms with Crippen LogP contribution in [0.1, 0.15) is 59.3 Å². The normalized spacial score (nSPS) is 26.4. The largest absolute Gasteiger partial charge is 0.397 e. The van der Waals surface area contributed by atoms with Gasteiger partial charge in [0.1, 0.15) is 0 Å². The molecule has 2 atom stereocenters. The van der Waals surface area contributed by atoms with Gasteiger partial charge in [0.05, 0.1) is 0 Å². The summed E-state index contributed by atoms with van der Waals surface area (Å²) in [7, 11) is 0. The second-order valence-electron chi connectivity index (χ2n) is 4.29. The molecule has 0 aromatic carbocycles. The smallest absolute Gasteiger partial charge is 0.0402 e. The summed E-state index contributed by atoms with van der Waals surface area (Å²) in [6, 6.07) is 0.822. The van der Waals surface area contributed by atoms with Crippen LogP contribution in [0.2, 0.25) is 0 Å². The molecule has 2 N–H and O–H groups in total. The zero-order valence-electron chi connectivity index (χ0n) is 10.8. The number of hydrogen-bond acceptors (Lipinski definition) is 2. The molecule has 2 heteroatoms. The first-order valence-corrected chi connectivity index (χ1v) is 6.64. The molecular weight excluding hydrogens is 186 g/mol. The Morgan fingerprint density at radius 2 is 1.67 bits per heavy atom. The van der Waals surface area contributed by atoms with Gasteiger partial charge in [-0.15, -0.1) is 0 Å². The fourth-order valence-corrected chi connectivity index (χ4v) is 2.40. The van der Waals surface area contributed by atoms with E-state index in [9.17, 15) is 0 Å². The highest BCUT2D eigenvalue weighted by Gasteiger charge is 2.20. The SMILES string of the molecule is CCNC1CCCCCC1CC.CCO. The van der Waals surface area contributed by atoms with E-state index in [1.807, 2.05) is 0 Å². The van der Waals surface area contributed by atoms with Crippen molar-refractivity contribution in [3.63, 3.8) is 0 Å². The molecule has 1 rings (SSSR count). The highest BCUT2D eigenvalue weighted by atomic mass is 16.2. The van der Waals surface area contributed by atoms with Crippen LogP contribution in [0, 0.1) is 5.92 Å². The maximum absolute atomic E-state index is 7.57. The minimum Gasteiger partial charge on any atom is -0.397 e. The summed E-state index contributed by atoms with van der Waals surface area (Å²) in [4.78, 5) is 0. The molecule has 0 saturated heterocycles. The van der Waals surface area contributed by atoms with Gasteiger partial charge in [0, 0.05) is 12.6 Å². The van der Waals surface area contributed by atoms with Crippen LogP contribution in [-0.4, -0.2) is 24.3 Å². The van der Waals surface area contributed by atoms with E-state index < -0.39 is 0 Å². The third kappa shape index (κ3) is 6.91. The molecule has 15 heavy (non-hydrogen) atoms. The molecule has 1 saturated carbocycles. The minimum atomic E-state index is 0.250. The third-order valence-electron chi connectivity index (χ3n) is 3.15. The van der Waals surface area contributed by atoms with Gasteiger partial charge in [0.25, 0.3) is 0 Å². The van der Waals surface area contributed by atoms with Gasteiger partial charge in [-0.2, -0.15) is 0 Å². The molecule has 0 aromatic rings. The lowest BCUT2D eigenvalue weighted by Gasteiger charge is -2.24. The van der Waals surface area contributed by atoms with Crippen LogP contribution in [0.4, 0.5) is 0 Å². The van der Waals surface area contributed by atoms with E-state index >= 15 is 0 Å². The zero-order chi connectivity index (χ0) is 11.5. The fourth-order valence-electron chi connectivity index (χ4n) is 2.40.